The van der Waals surface area contributed by atoms with Crippen LogP contribution in [0.1, 0.15) is 27.7 Å². The van der Waals surface area contributed by atoms with Crippen LogP contribution in [0.5, 0.6) is 5.75 Å². The molecule has 1 aromatic heterocycles. The molecule has 2 aliphatic rings. The van der Waals surface area contributed by atoms with Gasteiger partial charge in [0.05, 0.1) is 26.4 Å². The van der Waals surface area contributed by atoms with Crippen molar-refractivity contribution in [2.75, 3.05) is 31.9 Å². The summed E-state index contributed by atoms with van der Waals surface area (Å²) in [5.74, 6) is -3.08. The fourth-order valence-corrected chi connectivity index (χ4v) is 4.56. The summed E-state index contributed by atoms with van der Waals surface area (Å²) in [6, 6.07) is 13.0. The minimum atomic E-state index is -1.16. The molecule has 9 nitrogen and oxygen atoms in total. The second kappa shape index (κ2) is 9.42. The van der Waals surface area contributed by atoms with E-state index in [2.05, 4.69) is 4.74 Å². The number of halogens is 2. The molecule has 2 aliphatic heterocycles. The molecule has 1 saturated heterocycles. The summed E-state index contributed by atoms with van der Waals surface area (Å²) < 4.78 is 45.0. The van der Waals surface area contributed by atoms with Crippen molar-refractivity contribution in [3.05, 3.63) is 99.5 Å². The van der Waals surface area contributed by atoms with E-state index in [0.717, 1.165) is 25.3 Å². The number of morpholine rings is 1. The predicted molar refractivity (Wildman–Crippen MR) is 122 cm³/mol. The minimum absolute atomic E-state index is 0.109. The number of methoxy groups -OCH3 is 1. The molecule has 36 heavy (non-hydrogen) atoms. The normalized spacial score (nSPS) is 17.8. The minimum Gasteiger partial charge on any atom is -0.437 e. The number of hydrogen-bond donors (Lipinski definition) is 0. The molecule has 0 saturated carbocycles. The van der Waals surface area contributed by atoms with Gasteiger partial charge in [-0.3, -0.25) is 19.3 Å². The monoisotopic (exact) mass is 497 g/mol. The molecule has 1 amide bonds. The highest BCUT2D eigenvalue weighted by atomic mass is 19.2. The van der Waals surface area contributed by atoms with E-state index in [1.807, 2.05) is 18.2 Å². The lowest BCUT2D eigenvalue weighted by molar-refractivity contribution is -0.0197. The number of pyridine rings is 1. The summed E-state index contributed by atoms with van der Waals surface area (Å²) in [7, 11) is 1.08. The second-order valence-corrected chi connectivity index (χ2v) is 8.18. The molecule has 5 rings (SSSR count). The van der Waals surface area contributed by atoms with Gasteiger partial charge in [-0.25, -0.2) is 13.6 Å². The number of rotatable bonds is 4. The number of benzene rings is 2. The fraction of sp³-hybridized carbons (Fsp3) is 0.240. The van der Waals surface area contributed by atoms with Crippen LogP contribution in [-0.4, -0.2) is 54.7 Å². The summed E-state index contributed by atoms with van der Waals surface area (Å²) >= 11 is 0. The van der Waals surface area contributed by atoms with Crippen molar-refractivity contribution in [3.63, 3.8) is 0 Å². The fourth-order valence-electron chi connectivity index (χ4n) is 4.56. The zero-order chi connectivity index (χ0) is 25.4. The summed E-state index contributed by atoms with van der Waals surface area (Å²) in [4.78, 5) is 39.7. The van der Waals surface area contributed by atoms with Gasteiger partial charge in [-0.1, -0.05) is 36.4 Å². The molecule has 3 heterocycles. The van der Waals surface area contributed by atoms with Crippen LogP contribution in [0.4, 0.5) is 13.6 Å². The van der Waals surface area contributed by atoms with Gasteiger partial charge in [0.25, 0.3) is 5.91 Å². The number of amides is 1. The Bertz CT molecular complexity index is 1380. The third-order valence-corrected chi connectivity index (χ3v) is 6.15. The Kier molecular flexibility index (Phi) is 6.15. The summed E-state index contributed by atoms with van der Waals surface area (Å²) in [6.07, 6.45) is -0.461. The van der Waals surface area contributed by atoms with Crippen molar-refractivity contribution in [1.29, 1.82) is 0 Å². The molecule has 0 aliphatic carbocycles. The Morgan fingerprint density at radius 3 is 2.56 bits per heavy atom. The number of aromatic nitrogens is 1. The number of ether oxygens (including phenoxy) is 3. The van der Waals surface area contributed by atoms with Crippen molar-refractivity contribution in [1.82, 2.24) is 9.58 Å². The van der Waals surface area contributed by atoms with E-state index in [4.69, 9.17) is 9.47 Å². The number of carbonyl (C=O) groups is 2. The number of hydrogen-bond acceptors (Lipinski definition) is 7. The van der Waals surface area contributed by atoms with E-state index >= 15 is 0 Å². The van der Waals surface area contributed by atoms with Crippen LogP contribution in [0, 0.1) is 11.6 Å². The first-order valence-corrected chi connectivity index (χ1v) is 11.1. The van der Waals surface area contributed by atoms with E-state index in [-0.39, 0.29) is 25.5 Å². The standard InChI is InChI=1S/C25H21F2N3O6/c1-34-25(33)36-23-19(31)9-10-29-22(23)24(32)28-11-12-35-14-20(28)30(29)21(15-5-3-2-4-6-15)16-7-8-17(26)18(27)13-16/h2-10,13,20-21H,11-12,14H2,1H3/t20-,21?/m1/s1. The smallest absolute Gasteiger partial charge is 0.437 e. The molecule has 2 aromatic carbocycles. The summed E-state index contributed by atoms with van der Waals surface area (Å²) in [6.45, 7) is 0.555. The van der Waals surface area contributed by atoms with Crippen molar-refractivity contribution in [2.45, 2.75) is 12.2 Å². The molecule has 2 atom stereocenters. The topological polar surface area (TPSA) is 90.3 Å². The van der Waals surface area contributed by atoms with Gasteiger partial charge in [-0.05, 0) is 23.3 Å². The zero-order valence-corrected chi connectivity index (χ0v) is 19.1. The third-order valence-electron chi connectivity index (χ3n) is 6.15. The number of carbonyl (C=O) groups excluding carboxylic acids is 2. The van der Waals surface area contributed by atoms with Crippen molar-refractivity contribution in [3.8, 4) is 5.75 Å². The first-order chi connectivity index (χ1) is 17.4. The van der Waals surface area contributed by atoms with E-state index < -0.39 is 47.1 Å². The number of fused-ring (bicyclic) bond motifs is 2. The van der Waals surface area contributed by atoms with Crippen LogP contribution >= 0.6 is 0 Å². The van der Waals surface area contributed by atoms with Crippen molar-refractivity contribution >= 4 is 12.1 Å². The zero-order valence-electron chi connectivity index (χ0n) is 19.1. The van der Waals surface area contributed by atoms with Crippen molar-refractivity contribution in [2.24, 2.45) is 0 Å². The maximum Gasteiger partial charge on any atom is 0.513 e. The molecule has 0 N–H and O–H groups in total. The quantitative estimate of drug-likeness (QED) is 0.512. The first kappa shape index (κ1) is 23.5. The van der Waals surface area contributed by atoms with Gasteiger partial charge < -0.3 is 19.1 Å². The molecule has 1 unspecified atom stereocenters. The maximum atomic E-state index is 14.4. The largest absolute Gasteiger partial charge is 0.513 e. The Morgan fingerprint density at radius 2 is 1.83 bits per heavy atom. The molecule has 3 aromatic rings. The molecule has 11 heteroatoms. The maximum absolute atomic E-state index is 14.4. The van der Waals surface area contributed by atoms with Gasteiger partial charge in [0.15, 0.2) is 17.3 Å². The van der Waals surface area contributed by atoms with Crippen LogP contribution in [0.2, 0.25) is 0 Å². The Hall–Kier alpha value is -4.25. The third kappa shape index (κ3) is 3.97. The number of nitrogens with zero attached hydrogens (tertiary/aromatic N) is 3. The van der Waals surface area contributed by atoms with Gasteiger partial charge >= 0.3 is 6.16 Å². The highest BCUT2D eigenvalue weighted by molar-refractivity contribution is 5.97. The molecule has 0 bridgehead atoms. The van der Waals surface area contributed by atoms with E-state index in [1.54, 1.807) is 17.1 Å². The van der Waals surface area contributed by atoms with Gasteiger partial charge in [-0.2, -0.15) is 0 Å². The lowest BCUT2D eigenvalue weighted by Crippen LogP contribution is -2.66. The molecular formula is C25H21F2N3O6. The van der Waals surface area contributed by atoms with Crippen LogP contribution in [0.15, 0.2) is 65.6 Å². The molecule has 1 fully saturated rings. The van der Waals surface area contributed by atoms with E-state index in [0.29, 0.717) is 11.1 Å². The first-order valence-electron chi connectivity index (χ1n) is 11.1. The molecule has 0 spiro atoms. The van der Waals surface area contributed by atoms with Gasteiger partial charge in [-0.15, -0.1) is 0 Å². The van der Waals surface area contributed by atoms with E-state index in [9.17, 15) is 23.2 Å². The van der Waals surface area contributed by atoms with Gasteiger partial charge in [0.1, 0.15) is 6.17 Å². The van der Waals surface area contributed by atoms with Crippen LogP contribution in [-0.2, 0) is 9.47 Å². The van der Waals surface area contributed by atoms with Crippen LogP contribution < -0.4 is 15.2 Å². The second-order valence-electron chi connectivity index (χ2n) is 8.18. The highest BCUT2D eigenvalue weighted by Crippen LogP contribution is 2.36. The Balaban J connectivity index is 1.78. The lowest BCUT2D eigenvalue weighted by Gasteiger charge is -2.51. The van der Waals surface area contributed by atoms with Crippen LogP contribution in [0.3, 0.4) is 0 Å². The average Bonchev–Trinajstić information content (AvgIpc) is 2.90. The summed E-state index contributed by atoms with van der Waals surface area (Å²) in [5, 5.41) is 1.72. The van der Waals surface area contributed by atoms with Crippen molar-refractivity contribution < 1.29 is 32.6 Å². The highest BCUT2D eigenvalue weighted by Gasteiger charge is 2.45. The van der Waals surface area contributed by atoms with Gasteiger partial charge in [0.2, 0.25) is 11.2 Å². The molecule has 0 radical (unpaired) electrons. The Morgan fingerprint density at radius 1 is 1.06 bits per heavy atom. The predicted octanol–water partition coefficient (Wildman–Crippen LogP) is 2.81. The van der Waals surface area contributed by atoms with E-state index in [1.165, 1.54) is 21.8 Å². The average molecular weight is 497 g/mol. The van der Waals surface area contributed by atoms with Gasteiger partial charge in [0, 0.05) is 18.8 Å². The Labute approximate surface area is 204 Å². The molecular weight excluding hydrogens is 476 g/mol. The molecule has 186 valence electrons. The summed E-state index contributed by atoms with van der Waals surface area (Å²) in [5.41, 5.74) is 0.189. The SMILES string of the molecule is COC(=O)Oc1c2n(ccc1=O)N(C(c1ccccc1)c1ccc(F)c(F)c1)[C@@H]1COCCN1C2=O. The lowest BCUT2D eigenvalue weighted by atomic mass is 9.96. The van der Waals surface area contributed by atoms with Crippen LogP contribution in [0.25, 0.3) is 0 Å².